The quantitative estimate of drug-likeness (QED) is 0.877. The Bertz CT molecular complexity index is 894. The minimum absolute atomic E-state index is 0.00799. The summed E-state index contributed by atoms with van der Waals surface area (Å²) >= 11 is 1.49. The lowest BCUT2D eigenvalue weighted by atomic mass is 10.2. The second-order valence-electron chi connectivity index (χ2n) is 5.76. The molecule has 1 atom stereocenters. The van der Waals surface area contributed by atoms with Crippen molar-refractivity contribution < 1.29 is 13.2 Å². The summed E-state index contributed by atoms with van der Waals surface area (Å²) in [5, 5.41) is 2.72. The number of hydrogen-bond acceptors (Lipinski definition) is 4. The summed E-state index contributed by atoms with van der Waals surface area (Å²) in [6, 6.07) is 12.5. The van der Waals surface area contributed by atoms with Crippen molar-refractivity contribution >= 4 is 33.4 Å². The molecule has 24 heavy (non-hydrogen) atoms. The number of hydrogen-bond donors (Lipinski definition) is 2. The van der Waals surface area contributed by atoms with Crippen molar-refractivity contribution in [1.29, 1.82) is 0 Å². The maximum absolute atomic E-state index is 12.7. The lowest BCUT2D eigenvalue weighted by Gasteiger charge is -2.14. The van der Waals surface area contributed by atoms with E-state index in [0.29, 0.717) is 17.0 Å². The molecule has 2 aromatic carbocycles. The predicted molar refractivity (Wildman–Crippen MR) is 96.5 cm³/mol. The van der Waals surface area contributed by atoms with Gasteiger partial charge in [-0.15, -0.1) is 11.8 Å². The summed E-state index contributed by atoms with van der Waals surface area (Å²) in [6.07, 6.45) is 0. The van der Waals surface area contributed by atoms with Gasteiger partial charge in [0.15, 0.2) is 0 Å². The van der Waals surface area contributed by atoms with Gasteiger partial charge >= 0.3 is 0 Å². The van der Waals surface area contributed by atoms with E-state index in [2.05, 4.69) is 10.0 Å². The van der Waals surface area contributed by atoms with Crippen LogP contribution in [0.25, 0.3) is 0 Å². The Labute approximate surface area is 145 Å². The van der Waals surface area contributed by atoms with Crippen molar-refractivity contribution in [1.82, 2.24) is 5.32 Å². The summed E-state index contributed by atoms with van der Waals surface area (Å²) < 4.78 is 28.0. The summed E-state index contributed by atoms with van der Waals surface area (Å²) in [6.45, 7) is 3.63. The highest BCUT2D eigenvalue weighted by molar-refractivity contribution is 8.00. The largest absolute Gasteiger partial charge is 0.339 e. The van der Waals surface area contributed by atoms with E-state index in [4.69, 9.17) is 0 Å². The average molecular weight is 362 g/mol. The number of nitrogens with one attached hydrogen (secondary N) is 2. The third-order valence-corrected chi connectivity index (χ3v) is 6.42. The molecular formula is C17H18N2O3S2. The van der Waals surface area contributed by atoms with Gasteiger partial charge in [0.2, 0.25) is 5.91 Å². The Morgan fingerprint density at radius 3 is 2.67 bits per heavy atom. The number of aryl methyl sites for hydroxylation is 2. The van der Waals surface area contributed by atoms with Gasteiger partial charge < -0.3 is 5.32 Å². The van der Waals surface area contributed by atoms with E-state index in [-0.39, 0.29) is 16.2 Å². The van der Waals surface area contributed by atoms with Crippen molar-refractivity contribution in [2.24, 2.45) is 0 Å². The number of rotatable bonds is 4. The van der Waals surface area contributed by atoms with Crippen LogP contribution in [-0.4, -0.2) is 20.1 Å². The molecule has 126 valence electrons. The smallest absolute Gasteiger partial charge is 0.262 e. The van der Waals surface area contributed by atoms with Crippen molar-refractivity contribution in [3.8, 4) is 0 Å². The zero-order valence-electron chi connectivity index (χ0n) is 13.4. The van der Waals surface area contributed by atoms with Crippen LogP contribution in [0.15, 0.2) is 47.4 Å². The van der Waals surface area contributed by atoms with Gasteiger partial charge in [-0.3, -0.25) is 9.52 Å². The molecular weight excluding hydrogens is 344 g/mol. The highest BCUT2D eigenvalue weighted by Gasteiger charge is 2.23. The van der Waals surface area contributed by atoms with E-state index in [1.54, 1.807) is 37.3 Å². The first-order valence-corrected chi connectivity index (χ1v) is 9.99. The van der Waals surface area contributed by atoms with Gasteiger partial charge in [0.05, 0.1) is 10.6 Å². The number of amides is 1. The molecule has 0 saturated carbocycles. The van der Waals surface area contributed by atoms with Crippen LogP contribution >= 0.6 is 11.8 Å². The lowest BCUT2D eigenvalue weighted by molar-refractivity contribution is -0.118. The fraction of sp³-hybridized carbons (Fsp3) is 0.235. The Kier molecular flexibility index (Phi) is 4.56. The number of carbonyl (C=O) groups excluding carboxylic acids is 1. The molecule has 5 nitrogen and oxygen atoms in total. The zero-order chi connectivity index (χ0) is 17.3. The normalized spacial score (nSPS) is 17.6. The second kappa shape index (κ2) is 6.49. The van der Waals surface area contributed by atoms with E-state index >= 15 is 0 Å². The third-order valence-electron chi connectivity index (χ3n) is 3.75. The Morgan fingerprint density at radius 1 is 1.17 bits per heavy atom. The van der Waals surface area contributed by atoms with Crippen molar-refractivity contribution in [3.63, 3.8) is 0 Å². The summed E-state index contributed by atoms with van der Waals surface area (Å²) in [7, 11) is -3.66. The first kappa shape index (κ1) is 16.9. The standard InChI is InChI=1S/C17H18N2O3S2/c1-11-6-7-12(2)15(8-11)24(21,22)19-14-5-3-4-13(9-14)17-18-16(20)10-23-17/h3-9,17,19H,10H2,1-2H3,(H,18,20)/t17-/m0/s1. The van der Waals surface area contributed by atoms with Crippen LogP contribution in [0.1, 0.15) is 22.1 Å². The highest BCUT2D eigenvalue weighted by atomic mass is 32.2. The molecule has 1 aliphatic heterocycles. The average Bonchev–Trinajstić information content (AvgIpc) is 2.96. The molecule has 1 amide bonds. The zero-order valence-corrected chi connectivity index (χ0v) is 15.0. The van der Waals surface area contributed by atoms with Crippen LogP contribution in [0, 0.1) is 13.8 Å². The monoisotopic (exact) mass is 362 g/mol. The van der Waals surface area contributed by atoms with Crippen LogP contribution < -0.4 is 10.0 Å². The van der Waals surface area contributed by atoms with E-state index < -0.39 is 10.0 Å². The molecule has 0 radical (unpaired) electrons. The number of benzene rings is 2. The van der Waals surface area contributed by atoms with E-state index in [1.165, 1.54) is 11.8 Å². The highest BCUT2D eigenvalue weighted by Crippen LogP contribution is 2.32. The molecule has 2 N–H and O–H groups in total. The van der Waals surface area contributed by atoms with Crippen LogP contribution in [0.5, 0.6) is 0 Å². The fourth-order valence-electron chi connectivity index (χ4n) is 2.54. The maximum Gasteiger partial charge on any atom is 0.262 e. The van der Waals surface area contributed by atoms with Crippen molar-refractivity contribution in [2.75, 3.05) is 10.5 Å². The molecule has 0 aromatic heterocycles. The summed E-state index contributed by atoms with van der Waals surface area (Å²) in [5.41, 5.74) is 2.94. The molecule has 1 heterocycles. The van der Waals surface area contributed by atoms with Crippen molar-refractivity contribution in [3.05, 3.63) is 59.2 Å². The number of anilines is 1. The van der Waals surface area contributed by atoms with Gasteiger partial charge in [-0.1, -0.05) is 24.3 Å². The van der Waals surface area contributed by atoms with E-state index in [0.717, 1.165) is 11.1 Å². The number of thioether (sulfide) groups is 1. The van der Waals surface area contributed by atoms with Crippen LogP contribution in [0.2, 0.25) is 0 Å². The molecule has 7 heteroatoms. The van der Waals surface area contributed by atoms with Gasteiger partial charge in [0.1, 0.15) is 5.37 Å². The molecule has 1 aliphatic rings. The predicted octanol–water partition coefficient (Wildman–Crippen LogP) is 2.97. The van der Waals surface area contributed by atoms with Crippen LogP contribution in [-0.2, 0) is 14.8 Å². The topological polar surface area (TPSA) is 75.3 Å². The fourth-order valence-corrected chi connectivity index (χ4v) is 4.88. The molecule has 0 bridgehead atoms. The molecule has 1 fully saturated rings. The van der Waals surface area contributed by atoms with Crippen LogP contribution in [0.3, 0.4) is 0 Å². The minimum Gasteiger partial charge on any atom is -0.339 e. The third kappa shape index (κ3) is 3.57. The van der Waals surface area contributed by atoms with Crippen molar-refractivity contribution in [2.45, 2.75) is 24.1 Å². The number of sulfonamides is 1. The summed E-state index contributed by atoms with van der Waals surface area (Å²) in [5.74, 6) is 0.412. The lowest BCUT2D eigenvalue weighted by Crippen LogP contribution is -2.19. The minimum atomic E-state index is -3.66. The van der Waals surface area contributed by atoms with Gasteiger partial charge in [-0.2, -0.15) is 0 Å². The Balaban J connectivity index is 1.88. The summed E-state index contributed by atoms with van der Waals surface area (Å²) in [4.78, 5) is 11.6. The van der Waals surface area contributed by atoms with Crippen LogP contribution in [0.4, 0.5) is 5.69 Å². The molecule has 3 rings (SSSR count). The van der Waals surface area contributed by atoms with E-state index in [9.17, 15) is 13.2 Å². The number of carbonyl (C=O) groups is 1. The molecule has 2 aromatic rings. The first-order valence-electron chi connectivity index (χ1n) is 7.46. The molecule has 0 aliphatic carbocycles. The van der Waals surface area contributed by atoms with Gasteiger partial charge in [-0.05, 0) is 48.7 Å². The van der Waals surface area contributed by atoms with E-state index in [1.807, 2.05) is 19.1 Å². The Hall–Kier alpha value is -1.99. The van der Waals surface area contributed by atoms with Gasteiger partial charge in [0, 0.05) is 5.69 Å². The first-order chi connectivity index (χ1) is 11.3. The molecule has 0 spiro atoms. The van der Waals surface area contributed by atoms with Gasteiger partial charge in [0.25, 0.3) is 10.0 Å². The maximum atomic E-state index is 12.7. The second-order valence-corrected chi connectivity index (χ2v) is 8.50. The Morgan fingerprint density at radius 2 is 1.96 bits per heavy atom. The van der Waals surface area contributed by atoms with Gasteiger partial charge in [-0.25, -0.2) is 8.42 Å². The SMILES string of the molecule is Cc1ccc(C)c(S(=O)(=O)Nc2cccc([C@H]3NC(=O)CS3)c2)c1. The molecule has 0 unspecified atom stereocenters. The molecule has 1 saturated heterocycles.